The molecule has 72 heavy (non-hydrogen) atoms. The first-order chi connectivity index (χ1) is 33.8. The van der Waals surface area contributed by atoms with Crippen LogP contribution in [0.15, 0.2) is 30.3 Å². The summed E-state index contributed by atoms with van der Waals surface area (Å²) in [6.45, 7) is 14.7. The summed E-state index contributed by atoms with van der Waals surface area (Å²) in [4.78, 5) is 120. The number of amides is 8. The van der Waals surface area contributed by atoms with Crippen LogP contribution >= 0.6 is 23.2 Å². The quantitative estimate of drug-likeness (QED) is 0.0750. The fourth-order valence-electron chi connectivity index (χ4n) is 9.75. The van der Waals surface area contributed by atoms with E-state index in [2.05, 4.69) is 42.5 Å². The van der Waals surface area contributed by atoms with Gasteiger partial charge in [0.2, 0.25) is 41.4 Å². The number of ether oxygens (including phenoxy) is 2. The maximum Gasteiger partial charge on any atom is 0.408 e. The molecule has 21 heteroatoms. The van der Waals surface area contributed by atoms with Crippen molar-refractivity contribution in [2.24, 2.45) is 23.7 Å². The number of rotatable bonds is 18. The molecule has 4 aliphatic carbocycles. The van der Waals surface area contributed by atoms with Crippen LogP contribution in [0.5, 0.6) is 0 Å². The second kappa shape index (κ2) is 26.7. The molecule has 8 N–H and O–H groups in total. The van der Waals surface area contributed by atoms with Gasteiger partial charge in [-0.15, -0.1) is 23.2 Å². The number of hydrogen-bond acceptors (Lipinski definition) is 11. The highest BCUT2D eigenvalue weighted by atomic mass is 35.5. The fraction of sp³-hybridized carbons (Fsp3) is 0.706. The highest BCUT2D eigenvalue weighted by Crippen LogP contribution is 2.31. The third-order valence-corrected chi connectivity index (χ3v) is 13.8. The van der Waals surface area contributed by atoms with Gasteiger partial charge >= 0.3 is 12.1 Å². The van der Waals surface area contributed by atoms with Gasteiger partial charge in [-0.1, -0.05) is 56.0 Å². The fourth-order valence-corrected chi connectivity index (χ4v) is 9.75. The maximum absolute atomic E-state index is 13.7. The van der Waals surface area contributed by atoms with Gasteiger partial charge in [0.15, 0.2) is 0 Å². The molecule has 4 aliphatic rings. The molecular weight excluding hydrogens is 972 g/mol. The molecule has 0 spiro atoms. The van der Waals surface area contributed by atoms with E-state index >= 15 is 0 Å². The molecule has 0 radical (unpaired) electrons. The van der Waals surface area contributed by atoms with Gasteiger partial charge in [0, 0.05) is 24.2 Å². The molecule has 8 amide bonds. The minimum atomic E-state index is -1.38. The van der Waals surface area contributed by atoms with E-state index in [-0.39, 0.29) is 17.9 Å². The van der Waals surface area contributed by atoms with Crippen LogP contribution in [0.25, 0.3) is 0 Å². The van der Waals surface area contributed by atoms with E-state index in [1.807, 2.05) is 30.3 Å². The molecule has 0 bridgehead atoms. The van der Waals surface area contributed by atoms with E-state index in [1.165, 1.54) is 6.92 Å². The third-order valence-electron chi connectivity index (χ3n) is 13.8. The summed E-state index contributed by atoms with van der Waals surface area (Å²) in [5, 5.41) is 22.9. The van der Waals surface area contributed by atoms with Crippen LogP contribution in [0.1, 0.15) is 145 Å². The van der Waals surface area contributed by atoms with Crippen LogP contribution < -0.4 is 42.5 Å². The van der Waals surface area contributed by atoms with Gasteiger partial charge in [-0.2, -0.15) is 0 Å². The van der Waals surface area contributed by atoms with E-state index in [9.17, 15) is 43.2 Å². The second-order valence-electron chi connectivity index (χ2n) is 21.6. The normalized spacial score (nSPS) is 24.7. The Morgan fingerprint density at radius 2 is 0.917 bits per heavy atom. The Kier molecular flexibility index (Phi) is 22.0. The topological polar surface area (TPSA) is 268 Å². The zero-order valence-corrected chi connectivity index (χ0v) is 44.8. The second-order valence-corrected chi connectivity index (χ2v) is 22.4. The largest absolute Gasteiger partial charge is 0.461 e. The van der Waals surface area contributed by atoms with E-state index in [0.29, 0.717) is 70.6 Å². The van der Waals surface area contributed by atoms with Crippen molar-refractivity contribution in [1.29, 1.82) is 0 Å². The lowest BCUT2D eigenvalue weighted by molar-refractivity contribution is -0.151. The molecule has 4 saturated carbocycles. The Bertz CT molecular complexity index is 2090. The zero-order chi connectivity index (χ0) is 53.6. The van der Waals surface area contributed by atoms with E-state index < -0.39 is 124 Å². The number of carbonyl (C=O) groups is 9. The van der Waals surface area contributed by atoms with Crippen molar-refractivity contribution in [3.05, 3.63) is 35.9 Å². The average molecular weight is 1050 g/mol. The summed E-state index contributed by atoms with van der Waals surface area (Å²) >= 11 is 9.53. The van der Waals surface area contributed by atoms with E-state index in [1.54, 1.807) is 55.4 Å². The predicted octanol–water partition coefficient (Wildman–Crippen LogP) is 4.50. The number of esters is 1. The monoisotopic (exact) mass is 1050 g/mol. The highest BCUT2D eigenvalue weighted by Gasteiger charge is 2.44. The molecule has 5 rings (SSSR count). The Morgan fingerprint density at radius 1 is 0.542 bits per heavy atom. The van der Waals surface area contributed by atoms with Gasteiger partial charge in [-0.05, 0) is 119 Å². The Balaban J connectivity index is 0.00000365. The Hall–Kier alpha value is -5.17. The molecule has 0 heterocycles. The van der Waals surface area contributed by atoms with Crippen LogP contribution in [0.4, 0.5) is 4.79 Å². The lowest BCUT2D eigenvalue weighted by Crippen LogP contribution is -2.60. The summed E-state index contributed by atoms with van der Waals surface area (Å²) in [5.74, 6) is -5.83. The molecule has 19 nitrogen and oxygen atoms in total. The third kappa shape index (κ3) is 17.5. The first-order valence-electron chi connectivity index (χ1n) is 25.3. The van der Waals surface area contributed by atoms with Crippen molar-refractivity contribution in [1.82, 2.24) is 42.5 Å². The SMILES string of the molecule is C[C@H](NC(=O)OC(C)(C)C)C(=O)N[C@H]1CCC[C@@H]1C(=O)NC(C)(C)C(=O)N[C@H]1CCC[C@@H]1C(=O)N[C@@H](C)C(=O)N[C@H]1CCC[C@@H]1C(=O)NC(C)(C)C(=O)N[C@H]1CCC[C@@H]1C(=O)OCc1ccccc1.ClCCl. The number of nitrogens with one attached hydrogen (secondary N) is 8. The van der Waals surface area contributed by atoms with Crippen molar-refractivity contribution in [3.63, 3.8) is 0 Å². The van der Waals surface area contributed by atoms with Crippen molar-refractivity contribution in [2.75, 3.05) is 5.34 Å². The number of halogens is 2. The highest BCUT2D eigenvalue weighted by molar-refractivity contribution is 6.40. The number of alkyl carbamates (subject to hydrolysis) is 1. The van der Waals surface area contributed by atoms with Gasteiger partial charge in [-0.3, -0.25) is 38.4 Å². The lowest BCUT2D eigenvalue weighted by atomic mass is 9.96. The van der Waals surface area contributed by atoms with Crippen molar-refractivity contribution < 1.29 is 52.6 Å². The summed E-state index contributed by atoms with van der Waals surface area (Å²) in [7, 11) is 0. The number of carbonyl (C=O) groups excluding carboxylic acids is 9. The van der Waals surface area contributed by atoms with Crippen molar-refractivity contribution in [2.45, 2.75) is 199 Å². The average Bonchev–Trinajstić information content (AvgIpc) is 4.14. The van der Waals surface area contributed by atoms with Crippen molar-refractivity contribution in [3.8, 4) is 0 Å². The molecule has 0 unspecified atom stereocenters. The Labute approximate surface area is 434 Å². The summed E-state index contributed by atoms with van der Waals surface area (Å²) in [6.07, 6.45) is 6.20. The van der Waals surface area contributed by atoms with Crippen LogP contribution in [0.2, 0.25) is 0 Å². The first-order valence-corrected chi connectivity index (χ1v) is 26.3. The molecule has 10 atom stereocenters. The number of benzene rings is 1. The van der Waals surface area contributed by atoms with Crippen molar-refractivity contribution >= 4 is 76.6 Å². The minimum absolute atomic E-state index is 0.140. The smallest absolute Gasteiger partial charge is 0.408 e. The molecule has 0 aromatic heterocycles. The van der Waals surface area contributed by atoms with E-state index in [0.717, 1.165) is 12.0 Å². The summed E-state index contributed by atoms with van der Waals surface area (Å²) < 4.78 is 10.8. The van der Waals surface area contributed by atoms with Crippen LogP contribution in [-0.2, 0) is 54.4 Å². The molecule has 1 aromatic carbocycles. The zero-order valence-electron chi connectivity index (χ0n) is 43.3. The predicted molar refractivity (Wildman–Crippen MR) is 271 cm³/mol. The molecule has 0 saturated heterocycles. The molecule has 0 aliphatic heterocycles. The van der Waals surface area contributed by atoms with Gasteiger partial charge in [0.05, 0.1) is 29.0 Å². The maximum atomic E-state index is 13.7. The lowest BCUT2D eigenvalue weighted by Gasteiger charge is -2.31. The van der Waals surface area contributed by atoms with Crippen LogP contribution in [0.3, 0.4) is 0 Å². The van der Waals surface area contributed by atoms with E-state index in [4.69, 9.17) is 32.7 Å². The first kappa shape index (κ1) is 59.4. The molecule has 1 aromatic rings. The Morgan fingerprint density at radius 3 is 1.35 bits per heavy atom. The summed E-state index contributed by atoms with van der Waals surface area (Å²) in [5.41, 5.74) is -2.58. The van der Waals surface area contributed by atoms with Gasteiger partial charge in [0.25, 0.3) is 0 Å². The van der Waals surface area contributed by atoms with Crippen LogP contribution in [0, 0.1) is 23.7 Å². The minimum Gasteiger partial charge on any atom is -0.461 e. The number of alkyl halides is 2. The number of hydrogen-bond donors (Lipinski definition) is 8. The van der Waals surface area contributed by atoms with Gasteiger partial charge in [-0.25, -0.2) is 4.79 Å². The van der Waals surface area contributed by atoms with Gasteiger partial charge in [0.1, 0.15) is 35.4 Å². The summed E-state index contributed by atoms with van der Waals surface area (Å²) in [6, 6.07) is 5.44. The molecular formula is C51H78Cl2N8O11. The van der Waals surface area contributed by atoms with Crippen LogP contribution in [-0.4, -0.2) is 112 Å². The molecule has 4 fully saturated rings. The molecule has 402 valence electrons. The van der Waals surface area contributed by atoms with Gasteiger partial charge < -0.3 is 52.0 Å². The standard InChI is InChI=1S/C50H76N8O11.CH2Cl2/c1-28(39(59)53-35-23-14-20-32(35)42(62)58-50(8,9)46(66)56-38-26-16-22-34(38)44(64)68-27-30-17-11-10-12-18-30)51-41(61)31-19-13-25-37(31)55-45(65)49(6,7)57-43(63)33-21-15-24-36(33)54-40(60)29(2)52-47(67)69-48(3,4)5;2-1-3/h10-12,17-18,28-29,31-38H,13-16,19-27H2,1-9H3,(H,51,61)(H,52,67)(H,53,59)(H,54,60)(H,55,65)(H,56,66)(H,57,63)(H,58,62);1H2/t28-,29-,31-,32-,33-,34-,35-,36-,37-,38-;/m0./s1.